The Morgan fingerprint density at radius 2 is 1.89 bits per heavy atom. The van der Waals surface area contributed by atoms with Gasteiger partial charge in [-0.3, -0.25) is 4.99 Å². The van der Waals surface area contributed by atoms with Gasteiger partial charge in [0, 0.05) is 72.3 Å². The minimum absolute atomic E-state index is 0.378. The van der Waals surface area contributed by atoms with Crippen molar-refractivity contribution >= 4 is 5.96 Å². The SMILES string of the molecule is CCNC(=NCCCOC1CCOCC1)NC1CCN(CCCOC)CC1. The fourth-order valence-electron chi connectivity index (χ4n) is 3.59. The molecule has 0 bridgehead atoms. The van der Waals surface area contributed by atoms with E-state index < -0.39 is 0 Å². The number of nitrogens with zero attached hydrogens (tertiary/aromatic N) is 2. The zero-order valence-corrected chi connectivity index (χ0v) is 17.4. The molecule has 0 radical (unpaired) electrons. The quantitative estimate of drug-likeness (QED) is 0.321. The summed E-state index contributed by atoms with van der Waals surface area (Å²) < 4.78 is 16.4. The maximum Gasteiger partial charge on any atom is 0.191 e. The third-order valence-electron chi connectivity index (χ3n) is 5.19. The fraction of sp³-hybridized carbons (Fsp3) is 0.950. The number of ether oxygens (including phenoxy) is 3. The van der Waals surface area contributed by atoms with Gasteiger partial charge in [0.1, 0.15) is 0 Å². The molecule has 0 aromatic rings. The molecule has 0 amide bonds. The number of methoxy groups -OCH3 is 1. The molecule has 7 heteroatoms. The summed E-state index contributed by atoms with van der Waals surface area (Å²) in [6.45, 7) is 10.6. The van der Waals surface area contributed by atoms with Crippen LogP contribution in [0.1, 0.15) is 45.4 Å². The number of likely N-dealkylation sites (tertiary alicyclic amines) is 1. The Kier molecular flexibility index (Phi) is 11.7. The van der Waals surface area contributed by atoms with E-state index in [4.69, 9.17) is 19.2 Å². The molecule has 27 heavy (non-hydrogen) atoms. The summed E-state index contributed by atoms with van der Waals surface area (Å²) >= 11 is 0. The van der Waals surface area contributed by atoms with Crippen LogP contribution in [-0.2, 0) is 14.2 Å². The monoisotopic (exact) mass is 384 g/mol. The highest BCUT2D eigenvalue weighted by molar-refractivity contribution is 5.80. The van der Waals surface area contributed by atoms with Crippen LogP contribution in [0.15, 0.2) is 4.99 Å². The highest BCUT2D eigenvalue weighted by atomic mass is 16.5. The van der Waals surface area contributed by atoms with Gasteiger partial charge in [0.05, 0.1) is 6.10 Å². The van der Waals surface area contributed by atoms with Crippen LogP contribution in [-0.4, -0.2) is 89.3 Å². The summed E-state index contributed by atoms with van der Waals surface area (Å²) in [5, 5.41) is 6.99. The average Bonchev–Trinajstić information content (AvgIpc) is 2.70. The highest BCUT2D eigenvalue weighted by Crippen LogP contribution is 2.11. The Bertz CT molecular complexity index is 395. The van der Waals surface area contributed by atoms with Gasteiger partial charge in [-0.15, -0.1) is 0 Å². The number of guanidine groups is 1. The normalized spacial score (nSPS) is 20.7. The molecule has 2 N–H and O–H groups in total. The summed E-state index contributed by atoms with van der Waals surface area (Å²) in [7, 11) is 1.77. The maximum absolute atomic E-state index is 5.92. The average molecular weight is 385 g/mol. The molecule has 0 aliphatic carbocycles. The fourth-order valence-corrected chi connectivity index (χ4v) is 3.59. The number of piperidine rings is 1. The standard InChI is InChI=1S/C20H40N4O3/c1-3-21-20(22-10-4-15-27-19-8-16-26-17-9-19)23-18-6-12-24(13-7-18)11-5-14-25-2/h18-19H,3-17H2,1-2H3,(H2,21,22,23). The lowest BCUT2D eigenvalue weighted by Crippen LogP contribution is -2.48. The second-order valence-electron chi connectivity index (χ2n) is 7.40. The van der Waals surface area contributed by atoms with Gasteiger partial charge in [-0.1, -0.05) is 0 Å². The molecule has 0 atom stereocenters. The number of hydrogen-bond acceptors (Lipinski definition) is 5. The smallest absolute Gasteiger partial charge is 0.191 e. The van der Waals surface area contributed by atoms with Crippen LogP contribution in [0.4, 0.5) is 0 Å². The summed E-state index contributed by atoms with van der Waals surface area (Å²) in [5.41, 5.74) is 0. The minimum Gasteiger partial charge on any atom is -0.385 e. The van der Waals surface area contributed by atoms with Gasteiger partial charge in [0.15, 0.2) is 5.96 Å². The molecule has 2 aliphatic rings. The van der Waals surface area contributed by atoms with E-state index in [1.807, 2.05) is 0 Å². The van der Waals surface area contributed by atoms with E-state index in [0.717, 1.165) is 90.8 Å². The molecular formula is C20H40N4O3. The van der Waals surface area contributed by atoms with Crippen LogP contribution in [0.5, 0.6) is 0 Å². The first kappa shape index (κ1) is 22.4. The first-order valence-corrected chi connectivity index (χ1v) is 10.8. The molecule has 0 saturated carbocycles. The molecule has 2 heterocycles. The third kappa shape index (κ3) is 9.74. The lowest BCUT2D eigenvalue weighted by atomic mass is 10.1. The van der Waals surface area contributed by atoms with Crippen LogP contribution in [0.25, 0.3) is 0 Å². The van der Waals surface area contributed by atoms with Crippen LogP contribution < -0.4 is 10.6 Å². The van der Waals surface area contributed by atoms with Gasteiger partial charge in [-0.2, -0.15) is 0 Å². The van der Waals surface area contributed by atoms with Crippen molar-refractivity contribution in [3.8, 4) is 0 Å². The molecule has 2 rings (SSSR count). The summed E-state index contributed by atoms with van der Waals surface area (Å²) in [6.07, 6.45) is 6.85. The van der Waals surface area contributed by atoms with Crippen molar-refractivity contribution in [2.75, 3.05) is 66.3 Å². The van der Waals surface area contributed by atoms with Gasteiger partial charge < -0.3 is 29.7 Å². The summed E-state index contributed by atoms with van der Waals surface area (Å²) in [4.78, 5) is 7.27. The zero-order chi connectivity index (χ0) is 19.2. The second kappa shape index (κ2) is 14.2. The zero-order valence-electron chi connectivity index (χ0n) is 17.4. The number of nitrogens with one attached hydrogen (secondary N) is 2. The van der Waals surface area contributed by atoms with Crippen LogP contribution in [0.2, 0.25) is 0 Å². The van der Waals surface area contributed by atoms with Gasteiger partial charge in [0.25, 0.3) is 0 Å². The number of aliphatic imine (C=N–C) groups is 1. The van der Waals surface area contributed by atoms with E-state index in [9.17, 15) is 0 Å². The molecular weight excluding hydrogens is 344 g/mol. The molecule has 0 aromatic carbocycles. The predicted octanol–water partition coefficient (Wildman–Crippen LogP) is 1.63. The van der Waals surface area contributed by atoms with Crippen molar-refractivity contribution in [3.63, 3.8) is 0 Å². The van der Waals surface area contributed by atoms with E-state index in [0.29, 0.717) is 12.1 Å². The van der Waals surface area contributed by atoms with E-state index in [1.165, 1.54) is 12.8 Å². The van der Waals surface area contributed by atoms with Gasteiger partial charge in [0.2, 0.25) is 0 Å². The summed E-state index contributed by atoms with van der Waals surface area (Å²) in [6, 6.07) is 0.514. The van der Waals surface area contributed by atoms with E-state index in [-0.39, 0.29) is 0 Å². The lowest BCUT2D eigenvalue weighted by molar-refractivity contribution is -0.0318. The predicted molar refractivity (Wildman–Crippen MR) is 109 cm³/mol. The minimum atomic E-state index is 0.378. The Hall–Kier alpha value is -0.890. The Balaban J connectivity index is 1.60. The van der Waals surface area contributed by atoms with Crippen molar-refractivity contribution in [2.45, 2.75) is 57.6 Å². The third-order valence-corrected chi connectivity index (χ3v) is 5.19. The Morgan fingerprint density at radius 1 is 1.11 bits per heavy atom. The second-order valence-corrected chi connectivity index (χ2v) is 7.40. The first-order valence-electron chi connectivity index (χ1n) is 10.8. The largest absolute Gasteiger partial charge is 0.385 e. The molecule has 158 valence electrons. The van der Waals surface area contributed by atoms with Crippen molar-refractivity contribution < 1.29 is 14.2 Å². The van der Waals surface area contributed by atoms with E-state index >= 15 is 0 Å². The molecule has 2 fully saturated rings. The Labute approximate surface area is 165 Å². The molecule has 2 aliphatic heterocycles. The topological polar surface area (TPSA) is 67.4 Å². The molecule has 7 nitrogen and oxygen atoms in total. The van der Waals surface area contributed by atoms with E-state index in [2.05, 4.69) is 22.5 Å². The van der Waals surface area contributed by atoms with Crippen LogP contribution in [0.3, 0.4) is 0 Å². The number of hydrogen-bond donors (Lipinski definition) is 2. The molecule has 0 unspecified atom stereocenters. The summed E-state index contributed by atoms with van der Waals surface area (Å²) in [5.74, 6) is 0.946. The lowest BCUT2D eigenvalue weighted by Gasteiger charge is -2.33. The van der Waals surface area contributed by atoms with Crippen molar-refractivity contribution in [2.24, 2.45) is 4.99 Å². The number of rotatable bonds is 11. The van der Waals surface area contributed by atoms with Crippen molar-refractivity contribution in [1.82, 2.24) is 15.5 Å². The molecule has 2 saturated heterocycles. The van der Waals surface area contributed by atoms with Crippen LogP contribution >= 0.6 is 0 Å². The Morgan fingerprint density at radius 3 is 2.59 bits per heavy atom. The molecule has 0 spiro atoms. The van der Waals surface area contributed by atoms with Gasteiger partial charge in [-0.05, 0) is 45.4 Å². The molecule has 0 aromatic heterocycles. The van der Waals surface area contributed by atoms with Crippen molar-refractivity contribution in [3.05, 3.63) is 0 Å². The maximum atomic E-state index is 5.92. The highest BCUT2D eigenvalue weighted by Gasteiger charge is 2.19. The van der Waals surface area contributed by atoms with E-state index in [1.54, 1.807) is 7.11 Å². The van der Waals surface area contributed by atoms with Gasteiger partial charge in [-0.25, -0.2) is 0 Å². The van der Waals surface area contributed by atoms with Crippen molar-refractivity contribution in [1.29, 1.82) is 0 Å². The first-order chi connectivity index (χ1) is 13.3. The van der Waals surface area contributed by atoms with Crippen LogP contribution in [0, 0.1) is 0 Å². The van der Waals surface area contributed by atoms with Gasteiger partial charge >= 0.3 is 0 Å².